The van der Waals surface area contributed by atoms with E-state index in [9.17, 15) is 23.1 Å². The normalized spacial score (nSPS) is 15.9. The molecule has 1 saturated carbocycles. The second-order valence-corrected chi connectivity index (χ2v) is 9.40. The molecule has 0 saturated heterocycles. The maximum Gasteiger partial charge on any atom is 0.416 e. The minimum absolute atomic E-state index is 0.0280. The molecule has 5 nitrogen and oxygen atoms in total. The molecule has 0 aliphatic heterocycles. The van der Waals surface area contributed by atoms with Gasteiger partial charge in [-0.3, -0.25) is 4.79 Å². The van der Waals surface area contributed by atoms with Crippen LogP contribution in [0.5, 0.6) is 0 Å². The van der Waals surface area contributed by atoms with Crippen LogP contribution in [0.4, 0.5) is 13.2 Å². The van der Waals surface area contributed by atoms with E-state index in [-0.39, 0.29) is 29.4 Å². The van der Waals surface area contributed by atoms with E-state index in [0.29, 0.717) is 30.7 Å². The third-order valence-corrected chi connectivity index (χ3v) is 6.75. The number of aryl methyl sites for hydroxylation is 1. The van der Waals surface area contributed by atoms with Gasteiger partial charge >= 0.3 is 6.18 Å². The Morgan fingerprint density at radius 1 is 1.14 bits per heavy atom. The van der Waals surface area contributed by atoms with Gasteiger partial charge in [0.05, 0.1) is 11.7 Å². The summed E-state index contributed by atoms with van der Waals surface area (Å²) < 4.78 is 44.8. The van der Waals surface area contributed by atoms with E-state index in [1.165, 1.54) is 38.2 Å². The first kappa shape index (κ1) is 25.2. The number of aliphatic hydroxyl groups is 1. The molecule has 3 aromatic rings. The molecule has 1 atom stereocenters. The maximum absolute atomic E-state index is 13.0. The Bertz CT molecular complexity index is 1140. The molecule has 0 bridgehead atoms. The Hall–Kier alpha value is -2.87. The van der Waals surface area contributed by atoms with Crippen LogP contribution >= 0.6 is 0 Å². The molecule has 1 aromatic heterocycles. The number of aromatic nitrogens is 1. The van der Waals surface area contributed by atoms with Crippen molar-refractivity contribution < 1.29 is 27.5 Å². The number of carbonyl (C=O) groups excluding carboxylic acids is 1. The second-order valence-electron chi connectivity index (χ2n) is 9.40. The highest BCUT2D eigenvalue weighted by Crippen LogP contribution is 2.33. The first-order valence-corrected chi connectivity index (χ1v) is 12.3. The van der Waals surface area contributed by atoms with E-state index >= 15 is 0 Å². The number of benzene rings is 2. The number of halogens is 3. The van der Waals surface area contributed by atoms with Gasteiger partial charge in [-0.25, -0.2) is 4.98 Å². The van der Waals surface area contributed by atoms with Crippen molar-refractivity contribution in [3.05, 3.63) is 53.6 Å². The Kier molecular flexibility index (Phi) is 8.11. The van der Waals surface area contributed by atoms with E-state index in [2.05, 4.69) is 10.3 Å². The van der Waals surface area contributed by atoms with Crippen molar-refractivity contribution in [3.63, 3.8) is 0 Å². The number of amides is 1. The van der Waals surface area contributed by atoms with Gasteiger partial charge in [-0.1, -0.05) is 50.3 Å². The molecule has 35 heavy (non-hydrogen) atoms. The third kappa shape index (κ3) is 6.84. The fourth-order valence-corrected chi connectivity index (χ4v) is 4.72. The van der Waals surface area contributed by atoms with Crippen LogP contribution < -0.4 is 5.32 Å². The number of rotatable bonds is 9. The highest BCUT2D eigenvalue weighted by Gasteiger charge is 2.31. The number of aliphatic hydroxyl groups excluding tert-OH is 1. The summed E-state index contributed by atoms with van der Waals surface area (Å²) >= 11 is 0. The lowest BCUT2D eigenvalue weighted by atomic mass is 9.86. The van der Waals surface area contributed by atoms with Crippen molar-refractivity contribution in [3.8, 4) is 11.5 Å². The van der Waals surface area contributed by atoms with Gasteiger partial charge in [0.2, 0.25) is 11.8 Å². The number of alkyl halides is 3. The lowest BCUT2D eigenvalue weighted by Crippen LogP contribution is -2.32. The first-order chi connectivity index (χ1) is 16.8. The van der Waals surface area contributed by atoms with Gasteiger partial charge in [0.15, 0.2) is 5.58 Å². The van der Waals surface area contributed by atoms with Gasteiger partial charge in [-0.05, 0) is 55.0 Å². The van der Waals surface area contributed by atoms with Crippen molar-refractivity contribution >= 4 is 17.0 Å². The number of hydrogen-bond donors (Lipinski definition) is 2. The Balaban J connectivity index is 1.32. The van der Waals surface area contributed by atoms with Crippen molar-refractivity contribution in [1.82, 2.24) is 10.3 Å². The van der Waals surface area contributed by atoms with Crippen molar-refractivity contribution in [1.29, 1.82) is 0 Å². The Labute approximate surface area is 202 Å². The van der Waals surface area contributed by atoms with Crippen molar-refractivity contribution in [2.75, 3.05) is 6.54 Å². The van der Waals surface area contributed by atoms with Gasteiger partial charge in [0, 0.05) is 18.5 Å². The molecular weight excluding hydrogens is 457 g/mol. The predicted octanol–water partition coefficient (Wildman–Crippen LogP) is 6.28. The molecule has 1 heterocycles. The van der Waals surface area contributed by atoms with Crippen LogP contribution in [-0.4, -0.2) is 28.6 Å². The largest absolute Gasteiger partial charge is 0.436 e. The van der Waals surface area contributed by atoms with Crippen LogP contribution in [0.25, 0.3) is 22.6 Å². The summed E-state index contributed by atoms with van der Waals surface area (Å²) in [6, 6.07) is 10.6. The minimum Gasteiger partial charge on any atom is -0.436 e. The Morgan fingerprint density at radius 2 is 1.91 bits per heavy atom. The van der Waals surface area contributed by atoms with Crippen LogP contribution in [0.15, 0.2) is 46.9 Å². The zero-order chi connectivity index (χ0) is 24.8. The number of nitrogens with zero attached hydrogens (tertiary/aromatic N) is 1. The molecular formula is C27H31F3N2O3. The van der Waals surface area contributed by atoms with E-state index in [0.717, 1.165) is 24.1 Å². The van der Waals surface area contributed by atoms with Gasteiger partial charge in [0.1, 0.15) is 5.52 Å². The van der Waals surface area contributed by atoms with Gasteiger partial charge in [-0.15, -0.1) is 0 Å². The second kappa shape index (κ2) is 11.2. The molecule has 4 rings (SSSR count). The summed E-state index contributed by atoms with van der Waals surface area (Å²) in [5, 5.41) is 13.2. The van der Waals surface area contributed by atoms with E-state index < -0.39 is 17.8 Å². The number of nitrogens with one attached hydrogen (secondary N) is 1. The fraction of sp³-hybridized carbons (Fsp3) is 0.481. The minimum atomic E-state index is -4.45. The zero-order valence-corrected chi connectivity index (χ0v) is 19.6. The molecule has 8 heteroatoms. The summed E-state index contributed by atoms with van der Waals surface area (Å²) in [5.41, 5.74) is 1.17. The Morgan fingerprint density at radius 3 is 2.69 bits per heavy atom. The van der Waals surface area contributed by atoms with Crippen LogP contribution in [0, 0.1) is 5.92 Å². The van der Waals surface area contributed by atoms with Crippen molar-refractivity contribution in [2.24, 2.45) is 5.92 Å². The maximum atomic E-state index is 13.0. The number of hydrogen-bond acceptors (Lipinski definition) is 4. The predicted molar refractivity (Wildman–Crippen MR) is 128 cm³/mol. The number of carbonyl (C=O) groups is 1. The average molecular weight is 489 g/mol. The van der Waals surface area contributed by atoms with Crippen LogP contribution in [0.2, 0.25) is 0 Å². The number of fused-ring (bicyclic) bond motifs is 1. The average Bonchev–Trinajstić information content (AvgIpc) is 3.28. The third-order valence-electron chi connectivity index (χ3n) is 6.75. The molecule has 188 valence electrons. The molecule has 1 aliphatic carbocycles. The molecule has 1 amide bonds. The molecule has 0 radical (unpaired) electrons. The highest BCUT2D eigenvalue weighted by atomic mass is 19.4. The lowest BCUT2D eigenvalue weighted by Gasteiger charge is -2.21. The zero-order valence-electron chi connectivity index (χ0n) is 19.6. The quantitative estimate of drug-likeness (QED) is 0.372. The summed E-state index contributed by atoms with van der Waals surface area (Å²) in [5.74, 6) is 0.850. The lowest BCUT2D eigenvalue weighted by molar-refractivity contribution is -0.137. The topological polar surface area (TPSA) is 75.4 Å². The first-order valence-electron chi connectivity index (χ1n) is 12.3. The molecule has 2 N–H and O–H groups in total. The molecule has 2 aromatic carbocycles. The summed E-state index contributed by atoms with van der Waals surface area (Å²) in [4.78, 5) is 16.4. The summed E-state index contributed by atoms with van der Waals surface area (Å²) in [6.45, 7) is 0.189. The standard InChI is InChI=1S/C27H31F3N2O3/c28-27(29,30)20-12-14-24-23(16-20)32-26(35-24)22-9-5-4-8-19(22)11-13-21(33)17-31-25(34)15-10-18-6-2-1-3-7-18/h4-5,8-9,12,14,16,18,21,33H,1-3,6-7,10-11,13,15,17H2,(H,31,34). The van der Waals surface area contributed by atoms with Gasteiger partial charge in [-0.2, -0.15) is 13.2 Å². The smallest absolute Gasteiger partial charge is 0.416 e. The molecule has 0 spiro atoms. The van der Waals surface area contributed by atoms with E-state index in [1.54, 1.807) is 12.1 Å². The van der Waals surface area contributed by atoms with E-state index in [1.807, 2.05) is 12.1 Å². The molecule has 1 aliphatic rings. The summed E-state index contributed by atoms with van der Waals surface area (Å²) in [6.07, 6.45) is 3.38. The molecule has 1 fully saturated rings. The van der Waals surface area contributed by atoms with Crippen LogP contribution in [0.1, 0.15) is 62.5 Å². The van der Waals surface area contributed by atoms with Crippen LogP contribution in [0.3, 0.4) is 0 Å². The molecule has 1 unspecified atom stereocenters. The monoisotopic (exact) mass is 488 g/mol. The van der Waals surface area contributed by atoms with Crippen LogP contribution in [-0.2, 0) is 17.4 Å². The highest BCUT2D eigenvalue weighted by molar-refractivity contribution is 5.78. The van der Waals surface area contributed by atoms with Crippen molar-refractivity contribution in [2.45, 2.75) is 70.1 Å². The summed E-state index contributed by atoms with van der Waals surface area (Å²) in [7, 11) is 0. The van der Waals surface area contributed by atoms with E-state index in [4.69, 9.17) is 4.42 Å². The SMILES string of the molecule is O=C(CCC1CCCCC1)NCC(O)CCc1ccccc1-c1nc2cc(C(F)(F)F)ccc2o1. The number of oxazole rings is 1. The van der Waals surface area contributed by atoms with Gasteiger partial charge < -0.3 is 14.8 Å². The fourth-order valence-electron chi connectivity index (χ4n) is 4.72. The van der Waals surface area contributed by atoms with Gasteiger partial charge in [0.25, 0.3) is 0 Å².